The largest absolute Gasteiger partial charge is 0.402 e. The predicted octanol–water partition coefficient (Wildman–Crippen LogP) is 4.65. The van der Waals surface area contributed by atoms with Gasteiger partial charge in [-0.15, -0.1) is 11.3 Å². The first kappa shape index (κ1) is 17.7. The number of imidazole rings is 1. The van der Waals surface area contributed by atoms with E-state index in [2.05, 4.69) is 30.7 Å². The molecular weight excluding hydrogens is 358 g/mol. The summed E-state index contributed by atoms with van der Waals surface area (Å²) >= 11 is 1.62. The highest BCUT2D eigenvalue weighted by Gasteiger charge is 2.25. The van der Waals surface area contributed by atoms with E-state index in [0.717, 1.165) is 26.8 Å². The fourth-order valence-corrected chi connectivity index (χ4v) is 3.91. The van der Waals surface area contributed by atoms with Gasteiger partial charge in [0.25, 0.3) is 0 Å². The molecule has 4 rings (SSSR count). The number of cyclic esters (lactones) is 1. The molecule has 1 aliphatic heterocycles. The number of esters is 1. The number of thiazole rings is 1. The number of nitrogens with zero attached hydrogens (tertiary/aromatic N) is 3. The van der Waals surface area contributed by atoms with Crippen LogP contribution in [0.1, 0.15) is 48.2 Å². The van der Waals surface area contributed by atoms with E-state index in [1.165, 1.54) is 5.56 Å². The van der Waals surface area contributed by atoms with E-state index in [-0.39, 0.29) is 5.41 Å². The fraction of sp³-hybridized carbons (Fsp3) is 0.286. The summed E-state index contributed by atoms with van der Waals surface area (Å²) in [5.41, 5.74) is 4.09. The van der Waals surface area contributed by atoms with Crippen LogP contribution in [0.5, 0.6) is 0 Å². The molecule has 0 saturated carbocycles. The maximum Gasteiger partial charge on any atom is 0.363 e. The zero-order valence-corrected chi connectivity index (χ0v) is 16.8. The molecule has 0 unspecified atom stereocenters. The van der Waals surface area contributed by atoms with Gasteiger partial charge in [-0.2, -0.15) is 0 Å². The molecule has 0 radical (unpaired) electrons. The van der Waals surface area contributed by atoms with Crippen molar-refractivity contribution in [3.63, 3.8) is 0 Å². The van der Waals surface area contributed by atoms with Crippen LogP contribution in [0.3, 0.4) is 0 Å². The van der Waals surface area contributed by atoms with Gasteiger partial charge in [0.15, 0.2) is 10.7 Å². The first-order valence-corrected chi connectivity index (χ1v) is 9.62. The molecule has 138 valence electrons. The number of carbonyl (C=O) groups is 1. The van der Waals surface area contributed by atoms with Crippen molar-refractivity contribution in [1.82, 2.24) is 9.38 Å². The average Bonchev–Trinajstić information content (AvgIpc) is 3.22. The van der Waals surface area contributed by atoms with Gasteiger partial charge >= 0.3 is 5.97 Å². The van der Waals surface area contributed by atoms with E-state index in [9.17, 15) is 4.79 Å². The number of ether oxygens (including phenoxy) is 1. The molecule has 2 aromatic heterocycles. The van der Waals surface area contributed by atoms with Gasteiger partial charge in [-0.3, -0.25) is 4.40 Å². The van der Waals surface area contributed by atoms with Crippen LogP contribution in [0.15, 0.2) is 41.2 Å². The van der Waals surface area contributed by atoms with Crippen molar-refractivity contribution in [3.05, 3.63) is 63.6 Å². The summed E-state index contributed by atoms with van der Waals surface area (Å²) in [6, 6.07) is 7.98. The van der Waals surface area contributed by atoms with Crippen molar-refractivity contribution >= 4 is 34.2 Å². The topological polar surface area (TPSA) is 56.0 Å². The Balaban J connectivity index is 1.70. The van der Waals surface area contributed by atoms with Crippen LogP contribution < -0.4 is 0 Å². The lowest BCUT2D eigenvalue weighted by molar-refractivity contribution is -0.129. The third kappa shape index (κ3) is 3.21. The van der Waals surface area contributed by atoms with Crippen molar-refractivity contribution in [1.29, 1.82) is 0 Å². The highest BCUT2D eigenvalue weighted by Crippen LogP contribution is 2.26. The normalized spacial score (nSPS) is 16.3. The van der Waals surface area contributed by atoms with Gasteiger partial charge in [-0.1, -0.05) is 32.9 Å². The molecule has 0 N–H and O–H groups in total. The van der Waals surface area contributed by atoms with Crippen molar-refractivity contribution in [3.8, 4) is 0 Å². The molecule has 3 heterocycles. The quantitative estimate of drug-likeness (QED) is 0.481. The number of fused-ring (bicyclic) bond motifs is 1. The molecule has 3 aromatic rings. The Hall–Kier alpha value is -2.73. The van der Waals surface area contributed by atoms with Gasteiger partial charge in [-0.25, -0.2) is 14.8 Å². The van der Waals surface area contributed by atoms with E-state index < -0.39 is 5.97 Å². The molecule has 0 fully saturated rings. The molecule has 27 heavy (non-hydrogen) atoms. The Morgan fingerprint density at radius 1 is 1.15 bits per heavy atom. The summed E-state index contributed by atoms with van der Waals surface area (Å²) in [5, 5.41) is 0. The highest BCUT2D eigenvalue weighted by atomic mass is 32.1. The third-order valence-electron chi connectivity index (χ3n) is 4.55. The van der Waals surface area contributed by atoms with Gasteiger partial charge in [0.2, 0.25) is 5.90 Å². The summed E-state index contributed by atoms with van der Waals surface area (Å²) in [5.74, 6) is -0.0992. The molecule has 5 nitrogen and oxygen atoms in total. The lowest BCUT2D eigenvalue weighted by Crippen LogP contribution is -2.11. The number of rotatable bonds is 2. The lowest BCUT2D eigenvalue weighted by atomic mass is 9.87. The van der Waals surface area contributed by atoms with Gasteiger partial charge < -0.3 is 4.74 Å². The number of hydrogen-bond donors (Lipinski definition) is 0. The second-order valence-electron chi connectivity index (χ2n) is 7.74. The lowest BCUT2D eigenvalue weighted by Gasteiger charge is -2.18. The molecule has 1 aliphatic rings. The van der Waals surface area contributed by atoms with Crippen LogP contribution in [0, 0.1) is 13.8 Å². The van der Waals surface area contributed by atoms with Crippen LogP contribution >= 0.6 is 11.3 Å². The number of carbonyl (C=O) groups excluding carboxylic acids is 1. The van der Waals surface area contributed by atoms with E-state index in [1.807, 2.05) is 48.7 Å². The zero-order valence-electron chi connectivity index (χ0n) is 16.0. The molecule has 0 spiro atoms. The highest BCUT2D eigenvalue weighted by molar-refractivity contribution is 7.17. The van der Waals surface area contributed by atoms with Gasteiger partial charge in [0, 0.05) is 16.6 Å². The number of aliphatic imine (C=N–C) groups is 1. The molecule has 6 heteroatoms. The predicted molar refractivity (Wildman–Crippen MR) is 108 cm³/mol. The van der Waals surface area contributed by atoms with E-state index in [1.54, 1.807) is 17.4 Å². The average molecular weight is 379 g/mol. The van der Waals surface area contributed by atoms with E-state index >= 15 is 0 Å². The molecule has 0 amide bonds. The number of aromatic nitrogens is 2. The van der Waals surface area contributed by atoms with Crippen molar-refractivity contribution < 1.29 is 9.53 Å². The van der Waals surface area contributed by atoms with Crippen LogP contribution in [0.2, 0.25) is 0 Å². The van der Waals surface area contributed by atoms with E-state index in [4.69, 9.17) is 4.74 Å². The summed E-state index contributed by atoms with van der Waals surface area (Å²) in [6.45, 7) is 10.5. The number of hydrogen-bond acceptors (Lipinski definition) is 5. The molecule has 0 atom stereocenters. The number of aryl methyl sites for hydroxylation is 2. The number of benzene rings is 1. The first-order valence-electron chi connectivity index (χ1n) is 8.81. The Morgan fingerprint density at radius 3 is 2.52 bits per heavy atom. The molecule has 0 saturated heterocycles. The van der Waals surface area contributed by atoms with Crippen molar-refractivity contribution in [2.75, 3.05) is 0 Å². The van der Waals surface area contributed by atoms with Gasteiger partial charge in [-0.05, 0) is 43.0 Å². The van der Waals surface area contributed by atoms with Gasteiger partial charge in [0.05, 0.1) is 11.4 Å². The smallest absolute Gasteiger partial charge is 0.363 e. The second kappa shape index (κ2) is 6.16. The monoisotopic (exact) mass is 379 g/mol. The van der Waals surface area contributed by atoms with Crippen LogP contribution in [0.25, 0.3) is 11.0 Å². The van der Waals surface area contributed by atoms with E-state index in [0.29, 0.717) is 11.6 Å². The summed E-state index contributed by atoms with van der Waals surface area (Å²) in [4.78, 5) is 23.4. The Bertz CT molecular complexity index is 1110. The molecule has 1 aromatic carbocycles. The summed E-state index contributed by atoms with van der Waals surface area (Å²) in [7, 11) is 0. The second-order valence-corrected chi connectivity index (χ2v) is 8.95. The summed E-state index contributed by atoms with van der Waals surface area (Å²) < 4.78 is 7.39. The van der Waals surface area contributed by atoms with Crippen LogP contribution in [-0.2, 0) is 14.9 Å². The Kier molecular flexibility index (Phi) is 4.03. The maximum absolute atomic E-state index is 12.3. The standard InChI is InChI=1S/C21H21N3O2S/c1-12-11-24-17(13(2)22-20(24)27-12)10-16-19(25)26-18(23-16)14-6-8-15(9-7-14)21(3,4)5/h6-11H,1-5H3/b16-10-. The molecule has 0 bridgehead atoms. The first-order chi connectivity index (χ1) is 12.7. The van der Waals surface area contributed by atoms with Crippen molar-refractivity contribution in [2.45, 2.75) is 40.0 Å². The molecular formula is C21H21N3O2S. The fourth-order valence-electron chi connectivity index (χ4n) is 3.03. The SMILES string of the molecule is Cc1cn2c(/C=C3\N=C(c4ccc(C(C)(C)C)cc4)OC3=O)c(C)nc2s1. The maximum atomic E-state index is 12.3. The minimum Gasteiger partial charge on any atom is -0.402 e. The third-order valence-corrected chi connectivity index (χ3v) is 5.45. The minimum atomic E-state index is -0.439. The molecule has 0 aliphatic carbocycles. The Morgan fingerprint density at radius 2 is 1.85 bits per heavy atom. The zero-order chi connectivity index (χ0) is 19.3. The van der Waals surface area contributed by atoms with Gasteiger partial charge in [0.1, 0.15) is 0 Å². The minimum absolute atomic E-state index is 0.0708. The van der Waals surface area contributed by atoms with Crippen LogP contribution in [-0.4, -0.2) is 21.3 Å². The Labute approximate surface area is 162 Å². The van der Waals surface area contributed by atoms with Crippen molar-refractivity contribution in [2.24, 2.45) is 4.99 Å². The van der Waals surface area contributed by atoms with Crippen LogP contribution in [0.4, 0.5) is 0 Å². The summed E-state index contributed by atoms with van der Waals surface area (Å²) in [6.07, 6.45) is 3.77.